The molecule has 1 N–H and O–H groups in total. The molecule has 0 spiro atoms. The molecule has 144 valence electrons. The van der Waals surface area contributed by atoms with Crippen LogP contribution in [0.15, 0.2) is 36.7 Å². The summed E-state index contributed by atoms with van der Waals surface area (Å²) in [7, 11) is 0. The molecule has 2 heterocycles. The molecule has 0 unspecified atom stereocenters. The molecular formula is C19H24FN5O2. The Morgan fingerprint density at radius 1 is 1.33 bits per heavy atom. The van der Waals surface area contributed by atoms with Crippen molar-refractivity contribution in [1.82, 2.24) is 24.9 Å². The fraction of sp³-hybridized carbons (Fsp3) is 0.421. The summed E-state index contributed by atoms with van der Waals surface area (Å²) in [5.41, 5.74) is 1.10. The number of nitrogens with zero attached hydrogens (tertiary/aromatic N) is 4. The van der Waals surface area contributed by atoms with Crippen molar-refractivity contribution in [1.29, 1.82) is 0 Å². The standard InChI is InChI=1S/C19H24FN5O2/c1-3-8-23-9-10-24(13-18(23)26)19(27)22-14(2)15-11-21-25(12-15)17-7-5-4-6-16(17)20/h4-7,11-12,14H,3,8-10,13H2,1-2H3,(H,22,27)/t14-/m1/s1. The summed E-state index contributed by atoms with van der Waals surface area (Å²) in [5, 5.41) is 7.06. The molecule has 1 fully saturated rings. The molecule has 1 aliphatic rings. The molecule has 3 amide bonds. The number of piperazine rings is 1. The van der Waals surface area contributed by atoms with E-state index in [4.69, 9.17) is 0 Å². The lowest BCUT2D eigenvalue weighted by atomic mass is 10.2. The number of benzene rings is 1. The average Bonchev–Trinajstić information content (AvgIpc) is 3.14. The number of rotatable bonds is 5. The molecule has 1 saturated heterocycles. The Balaban J connectivity index is 1.61. The number of halogens is 1. The lowest BCUT2D eigenvalue weighted by Gasteiger charge is -2.34. The van der Waals surface area contributed by atoms with E-state index in [0.29, 0.717) is 18.8 Å². The second-order valence-electron chi connectivity index (χ2n) is 6.64. The minimum absolute atomic E-state index is 0.0294. The first-order valence-electron chi connectivity index (χ1n) is 9.12. The van der Waals surface area contributed by atoms with Gasteiger partial charge in [-0.05, 0) is 25.5 Å². The van der Waals surface area contributed by atoms with Gasteiger partial charge in [0, 0.05) is 31.4 Å². The van der Waals surface area contributed by atoms with Crippen molar-refractivity contribution >= 4 is 11.9 Å². The van der Waals surface area contributed by atoms with Crippen molar-refractivity contribution in [2.45, 2.75) is 26.3 Å². The van der Waals surface area contributed by atoms with Gasteiger partial charge in [-0.3, -0.25) is 4.79 Å². The highest BCUT2D eigenvalue weighted by molar-refractivity contribution is 5.85. The van der Waals surface area contributed by atoms with E-state index in [1.54, 1.807) is 35.5 Å². The second kappa shape index (κ2) is 8.20. The van der Waals surface area contributed by atoms with E-state index >= 15 is 0 Å². The van der Waals surface area contributed by atoms with Gasteiger partial charge in [-0.2, -0.15) is 5.10 Å². The van der Waals surface area contributed by atoms with Crippen molar-refractivity contribution in [3.05, 3.63) is 48.0 Å². The van der Waals surface area contributed by atoms with Crippen LogP contribution in [0.1, 0.15) is 31.9 Å². The minimum Gasteiger partial charge on any atom is -0.339 e. The summed E-state index contributed by atoms with van der Waals surface area (Å²) >= 11 is 0. The van der Waals surface area contributed by atoms with Crippen LogP contribution in [-0.4, -0.2) is 57.7 Å². The molecule has 1 aromatic heterocycles. The molecule has 0 radical (unpaired) electrons. The molecule has 2 aromatic rings. The molecule has 3 rings (SSSR count). The first-order chi connectivity index (χ1) is 13.0. The first-order valence-corrected chi connectivity index (χ1v) is 9.12. The third-order valence-corrected chi connectivity index (χ3v) is 4.64. The average molecular weight is 373 g/mol. The number of amides is 3. The van der Waals surface area contributed by atoms with Crippen molar-refractivity contribution < 1.29 is 14.0 Å². The van der Waals surface area contributed by atoms with E-state index in [9.17, 15) is 14.0 Å². The van der Waals surface area contributed by atoms with Crippen molar-refractivity contribution in [2.24, 2.45) is 0 Å². The topological polar surface area (TPSA) is 70.5 Å². The number of aromatic nitrogens is 2. The zero-order chi connectivity index (χ0) is 19.4. The van der Waals surface area contributed by atoms with Crippen molar-refractivity contribution in [2.75, 3.05) is 26.2 Å². The fourth-order valence-corrected chi connectivity index (χ4v) is 3.08. The van der Waals surface area contributed by atoms with Gasteiger partial charge in [0.25, 0.3) is 0 Å². The fourth-order valence-electron chi connectivity index (χ4n) is 3.08. The zero-order valence-corrected chi connectivity index (χ0v) is 15.6. The number of hydrogen-bond acceptors (Lipinski definition) is 3. The summed E-state index contributed by atoms with van der Waals surface area (Å²) < 4.78 is 15.3. The van der Waals surface area contributed by atoms with Gasteiger partial charge in [-0.1, -0.05) is 19.1 Å². The Kier molecular flexibility index (Phi) is 5.73. The summed E-state index contributed by atoms with van der Waals surface area (Å²) in [6.45, 7) is 5.73. The minimum atomic E-state index is -0.368. The molecule has 1 aromatic carbocycles. The van der Waals surface area contributed by atoms with E-state index < -0.39 is 0 Å². The third-order valence-electron chi connectivity index (χ3n) is 4.64. The molecule has 27 heavy (non-hydrogen) atoms. The predicted molar refractivity (Wildman–Crippen MR) is 98.9 cm³/mol. The number of carbonyl (C=O) groups is 2. The van der Waals surface area contributed by atoms with E-state index in [2.05, 4.69) is 10.4 Å². The molecule has 0 bridgehead atoms. The van der Waals surface area contributed by atoms with Gasteiger partial charge in [0.1, 0.15) is 18.0 Å². The van der Waals surface area contributed by atoms with Crippen LogP contribution in [0, 0.1) is 5.82 Å². The number of urea groups is 1. The van der Waals surface area contributed by atoms with Gasteiger partial charge in [-0.15, -0.1) is 0 Å². The Morgan fingerprint density at radius 3 is 2.81 bits per heavy atom. The zero-order valence-electron chi connectivity index (χ0n) is 15.6. The predicted octanol–water partition coefficient (Wildman–Crippen LogP) is 2.34. The smallest absolute Gasteiger partial charge is 0.318 e. The second-order valence-corrected chi connectivity index (χ2v) is 6.64. The maximum atomic E-state index is 13.9. The van der Waals surface area contributed by atoms with Crippen LogP contribution in [0.2, 0.25) is 0 Å². The number of hydrogen-bond donors (Lipinski definition) is 1. The van der Waals surface area contributed by atoms with E-state index in [1.165, 1.54) is 15.6 Å². The number of nitrogens with one attached hydrogen (secondary N) is 1. The molecule has 1 aliphatic heterocycles. The maximum absolute atomic E-state index is 13.9. The van der Waals surface area contributed by atoms with Crippen LogP contribution in [-0.2, 0) is 4.79 Å². The largest absolute Gasteiger partial charge is 0.339 e. The molecule has 1 atom stereocenters. The van der Waals surface area contributed by atoms with Crippen LogP contribution in [0.4, 0.5) is 9.18 Å². The van der Waals surface area contributed by atoms with Crippen LogP contribution >= 0.6 is 0 Å². The highest BCUT2D eigenvalue weighted by Gasteiger charge is 2.27. The monoisotopic (exact) mass is 373 g/mol. The summed E-state index contributed by atoms with van der Waals surface area (Å²) in [6.07, 6.45) is 4.19. The highest BCUT2D eigenvalue weighted by Crippen LogP contribution is 2.17. The van der Waals surface area contributed by atoms with Crippen LogP contribution in [0.25, 0.3) is 5.69 Å². The van der Waals surface area contributed by atoms with Gasteiger partial charge >= 0.3 is 6.03 Å². The van der Waals surface area contributed by atoms with Gasteiger partial charge in [-0.25, -0.2) is 13.9 Å². The molecular weight excluding hydrogens is 349 g/mol. The Hall–Kier alpha value is -2.90. The lowest BCUT2D eigenvalue weighted by Crippen LogP contribution is -2.54. The third kappa shape index (κ3) is 4.27. The Morgan fingerprint density at radius 2 is 2.11 bits per heavy atom. The first kappa shape index (κ1) is 18.9. The molecule has 0 aliphatic carbocycles. The van der Waals surface area contributed by atoms with Crippen LogP contribution in [0.5, 0.6) is 0 Å². The molecule has 7 nitrogen and oxygen atoms in total. The van der Waals surface area contributed by atoms with Crippen molar-refractivity contribution in [3.8, 4) is 5.69 Å². The Labute approximate surface area is 157 Å². The maximum Gasteiger partial charge on any atom is 0.318 e. The van der Waals surface area contributed by atoms with Gasteiger partial charge in [0.2, 0.25) is 5.91 Å². The van der Waals surface area contributed by atoms with Crippen LogP contribution < -0.4 is 5.32 Å². The lowest BCUT2D eigenvalue weighted by molar-refractivity contribution is -0.134. The normalized spacial score (nSPS) is 15.7. The van der Waals surface area contributed by atoms with Crippen molar-refractivity contribution in [3.63, 3.8) is 0 Å². The van der Waals surface area contributed by atoms with Gasteiger partial charge < -0.3 is 15.1 Å². The highest BCUT2D eigenvalue weighted by atomic mass is 19.1. The summed E-state index contributed by atoms with van der Waals surface area (Å²) in [5.74, 6) is -0.398. The van der Waals surface area contributed by atoms with Gasteiger partial charge in [0.15, 0.2) is 0 Å². The number of carbonyl (C=O) groups excluding carboxylic acids is 2. The Bertz CT molecular complexity index is 822. The van der Waals surface area contributed by atoms with E-state index in [-0.39, 0.29) is 30.3 Å². The van der Waals surface area contributed by atoms with E-state index in [1.807, 2.05) is 13.8 Å². The van der Waals surface area contributed by atoms with E-state index in [0.717, 1.165) is 18.5 Å². The summed E-state index contributed by atoms with van der Waals surface area (Å²) in [4.78, 5) is 27.9. The summed E-state index contributed by atoms with van der Waals surface area (Å²) in [6, 6.07) is 5.76. The number of para-hydroxylation sites is 1. The van der Waals surface area contributed by atoms with Gasteiger partial charge in [0.05, 0.1) is 12.2 Å². The van der Waals surface area contributed by atoms with Crippen LogP contribution in [0.3, 0.4) is 0 Å². The SMILES string of the molecule is CCCN1CCN(C(=O)N[C@H](C)c2cnn(-c3ccccc3F)c2)CC1=O. The molecule has 0 saturated carbocycles. The molecule has 8 heteroatoms. The quantitative estimate of drug-likeness (QED) is 0.875.